The first kappa shape index (κ1) is 24.7. The van der Waals surface area contributed by atoms with Crippen molar-refractivity contribution in [1.82, 2.24) is 10.3 Å². The lowest BCUT2D eigenvalue weighted by atomic mass is 10.1. The molecule has 0 spiro atoms. The van der Waals surface area contributed by atoms with E-state index < -0.39 is 10.8 Å². The number of hydrogen-bond acceptors (Lipinski definition) is 8. The molecule has 0 saturated carbocycles. The number of oxazole rings is 1. The van der Waals surface area contributed by atoms with Gasteiger partial charge in [0.1, 0.15) is 17.0 Å². The predicted molar refractivity (Wildman–Crippen MR) is 145 cm³/mol. The van der Waals surface area contributed by atoms with Gasteiger partial charge in [-0.1, -0.05) is 25.1 Å². The maximum Gasteiger partial charge on any atom is 0.293 e. The highest BCUT2D eigenvalue weighted by atomic mass is 32.1. The van der Waals surface area contributed by atoms with Crippen molar-refractivity contribution in [3.05, 3.63) is 94.2 Å². The number of nitro benzene ring substituents is 1. The second-order valence-electron chi connectivity index (χ2n) is 8.29. The maximum absolute atomic E-state index is 12.6. The highest BCUT2D eigenvalue weighted by Gasteiger charge is 2.17. The summed E-state index contributed by atoms with van der Waals surface area (Å²) < 4.78 is 11.4. The summed E-state index contributed by atoms with van der Waals surface area (Å²) in [4.78, 5) is 27.6. The van der Waals surface area contributed by atoms with Crippen LogP contribution >= 0.6 is 12.2 Å². The molecule has 190 valence electrons. The lowest BCUT2D eigenvalue weighted by Gasteiger charge is -2.10. The molecule has 38 heavy (non-hydrogen) atoms. The van der Waals surface area contributed by atoms with Crippen molar-refractivity contribution >= 4 is 45.7 Å². The van der Waals surface area contributed by atoms with Gasteiger partial charge < -0.3 is 19.3 Å². The zero-order valence-electron chi connectivity index (χ0n) is 19.9. The number of aryl methyl sites for hydroxylation is 1. The van der Waals surface area contributed by atoms with Crippen molar-refractivity contribution < 1.29 is 23.7 Å². The SMILES string of the molecule is CCc1ccc2oc(-c3ccc(NC(=S)NC(=O)c4ccc(-c5cccc([N+](=O)[O-])c5)o4)cc3O)nc2c1. The lowest BCUT2D eigenvalue weighted by Crippen LogP contribution is -2.33. The van der Waals surface area contributed by atoms with Crippen LogP contribution in [0.3, 0.4) is 0 Å². The third kappa shape index (κ3) is 5.08. The van der Waals surface area contributed by atoms with E-state index >= 15 is 0 Å². The summed E-state index contributed by atoms with van der Waals surface area (Å²) in [5, 5.41) is 26.9. The average molecular weight is 529 g/mol. The van der Waals surface area contributed by atoms with Gasteiger partial charge in [-0.15, -0.1) is 0 Å². The molecule has 3 aromatic carbocycles. The van der Waals surface area contributed by atoms with Gasteiger partial charge in [0.2, 0.25) is 5.89 Å². The number of thiocarbonyl (C=S) groups is 1. The molecule has 0 radical (unpaired) electrons. The van der Waals surface area contributed by atoms with Crippen molar-refractivity contribution in [2.24, 2.45) is 0 Å². The number of nitrogens with one attached hydrogen (secondary N) is 2. The number of carbonyl (C=O) groups excluding carboxylic acids is 1. The third-order valence-corrected chi connectivity index (χ3v) is 5.95. The monoisotopic (exact) mass is 528 g/mol. The minimum Gasteiger partial charge on any atom is -0.507 e. The molecule has 1 amide bonds. The third-order valence-electron chi connectivity index (χ3n) is 5.74. The number of fused-ring (bicyclic) bond motifs is 1. The van der Waals surface area contributed by atoms with E-state index in [0.717, 1.165) is 12.0 Å². The number of phenols is 1. The number of amides is 1. The van der Waals surface area contributed by atoms with E-state index in [1.165, 1.54) is 36.4 Å². The van der Waals surface area contributed by atoms with Crippen molar-refractivity contribution in [3.8, 4) is 28.5 Å². The fraction of sp³-hybridized carbons (Fsp3) is 0.0741. The predicted octanol–water partition coefficient (Wildman–Crippen LogP) is 6.06. The van der Waals surface area contributed by atoms with Crippen LogP contribution < -0.4 is 10.6 Å². The summed E-state index contributed by atoms with van der Waals surface area (Å²) in [5.41, 5.74) is 3.66. The summed E-state index contributed by atoms with van der Waals surface area (Å²) in [6.45, 7) is 2.05. The van der Waals surface area contributed by atoms with Gasteiger partial charge in [0, 0.05) is 29.4 Å². The summed E-state index contributed by atoms with van der Waals surface area (Å²) in [7, 11) is 0. The number of furan rings is 1. The van der Waals surface area contributed by atoms with E-state index in [0.29, 0.717) is 33.7 Å². The zero-order valence-corrected chi connectivity index (χ0v) is 20.7. The largest absolute Gasteiger partial charge is 0.507 e. The number of hydrogen-bond donors (Lipinski definition) is 3. The van der Waals surface area contributed by atoms with Gasteiger partial charge in [-0.2, -0.15) is 0 Å². The molecule has 0 atom stereocenters. The van der Waals surface area contributed by atoms with Crippen LogP contribution in [0.1, 0.15) is 23.0 Å². The molecular weight excluding hydrogens is 508 g/mol. The number of benzene rings is 3. The van der Waals surface area contributed by atoms with Crippen LogP contribution in [0.5, 0.6) is 5.75 Å². The molecule has 0 unspecified atom stereocenters. The topological polar surface area (TPSA) is 144 Å². The lowest BCUT2D eigenvalue weighted by molar-refractivity contribution is -0.384. The molecule has 5 aromatic rings. The fourth-order valence-corrected chi connectivity index (χ4v) is 4.02. The van der Waals surface area contributed by atoms with E-state index in [2.05, 4.69) is 22.5 Å². The van der Waals surface area contributed by atoms with Gasteiger partial charge in [-0.05, 0) is 60.6 Å². The molecule has 0 aliphatic heterocycles. The molecule has 5 rings (SSSR count). The number of phenolic OH excluding ortho intramolecular Hbond substituents is 1. The Labute approximate surface area is 221 Å². The van der Waals surface area contributed by atoms with Crippen LogP contribution in [0, 0.1) is 10.1 Å². The Morgan fingerprint density at radius 1 is 1.08 bits per heavy atom. The molecule has 2 aromatic heterocycles. The molecule has 0 aliphatic carbocycles. The average Bonchev–Trinajstić information content (AvgIpc) is 3.56. The Kier molecular flexibility index (Phi) is 6.58. The Bertz CT molecular complexity index is 1710. The maximum atomic E-state index is 12.6. The van der Waals surface area contributed by atoms with Gasteiger partial charge >= 0.3 is 0 Å². The van der Waals surface area contributed by atoms with Gasteiger partial charge in [-0.25, -0.2) is 4.98 Å². The van der Waals surface area contributed by atoms with Crippen LogP contribution in [0.4, 0.5) is 11.4 Å². The number of nitro groups is 1. The molecule has 2 heterocycles. The zero-order chi connectivity index (χ0) is 26.8. The quantitative estimate of drug-likeness (QED) is 0.136. The molecule has 0 aliphatic rings. The smallest absolute Gasteiger partial charge is 0.293 e. The van der Waals surface area contributed by atoms with Gasteiger partial charge in [-0.3, -0.25) is 20.2 Å². The van der Waals surface area contributed by atoms with Crippen LogP contribution in [0.25, 0.3) is 33.9 Å². The Balaban J connectivity index is 1.25. The molecule has 0 bridgehead atoms. The van der Waals surface area contributed by atoms with E-state index in [1.54, 1.807) is 18.2 Å². The number of aromatic hydroxyl groups is 1. The number of non-ortho nitro benzene ring substituents is 1. The minimum absolute atomic E-state index is 0.0237. The first-order chi connectivity index (χ1) is 18.3. The molecule has 0 fully saturated rings. The van der Waals surface area contributed by atoms with E-state index in [4.69, 9.17) is 21.1 Å². The second kappa shape index (κ2) is 10.1. The summed E-state index contributed by atoms with van der Waals surface area (Å²) >= 11 is 5.22. The van der Waals surface area contributed by atoms with Crippen molar-refractivity contribution in [1.29, 1.82) is 0 Å². The molecule has 11 heteroatoms. The number of nitrogens with zero attached hydrogens (tertiary/aromatic N) is 2. The van der Waals surface area contributed by atoms with Gasteiger partial charge in [0.05, 0.1) is 10.5 Å². The van der Waals surface area contributed by atoms with Crippen LogP contribution in [-0.2, 0) is 6.42 Å². The van der Waals surface area contributed by atoms with E-state index in [9.17, 15) is 20.0 Å². The van der Waals surface area contributed by atoms with Gasteiger partial charge in [0.15, 0.2) is 16.5 Å². The van der Waals surface area contributed by atoms with Crippen LogP contribution in [-0.4, -0.2) is 26.0 Å². The van der Waals surface area contributed by atoms with Crippen molar-refractivity contribution in [2.45, 2.75) is 13.3 Å². The van der Waals surface area contributed by atoms with Crippen molar-refractivity contribution in [2.75, 3.05) is 5.32 Å². The summed E-state index contributed by atoms with van der Waals surface area (Å²) in [6.07, 6.45) is 0.874. The Hall–Kier alpha value is -5.03. The highest BCUT2D eigenvalue weighted by molar-refractivity contribution is 7.80. The standard InChI is InChI=1S/C27H20N4O6S/c1-2-15-6-9-23-20(12-15)29-26(37-23)19-8-7-17(14-21(19)32)28-27(38)30-25(33)24-11-10-22(36-24)16-4-3-5-18(13-16)31(34)35/h3-14,32H,2H2,1H3,(H2,28,30,33,38). The normalized spacial score (nSPS) is 10.9. The molecule has 10 nitrogen and oxygen atoms in total. The van der Waals surface area contributed by atoms with E-state index in [1.807, 2.05) is 18.2 Å². The summed E-state index contributed by atoms with van der Waals surface area (Å²) in [5.74, 6) is -0.151. The molecule has 0 saturated heterocycles. The fourth-order valence-electron chi connectivity index (χ4n) is 3.81. The molecule has 3 N–H and O–H groups in total. The van der Waals surface area contributed by atoms with Crippen LogP contribution in [0.15, 0.2) is 81.6 Å². The minimum atomic E-state index is -0.613. The molecular formula is C27H20N4O6S. The summed E-state index contributed by atoms with van der Waals surface area (Å²) in [6, 6.07) is 19.4. The highest BCUT2D eigenvalue weighted by Crippen LogP contribution is 2.33. The number of anilines is 1. The number of rotatable bonds is 6. The van der Waals surface area contributed by atoms with Crippen LogP contribution in [0.2, 0.25) is 0 Å². The Morgan fingerprint density at radius 2 is 1.92 bits per heavy atom. The van der Waals surface area contributed by atoms with E-state index in [-0.39, 0.29) is 28.2 Å². The number of aromatic nitrogens is 1. The first-order valence-electron chi connectivity index (χ1n) is 11.5. The van der Waals surface area contributed by atoms with Gasteiger partial charge in [0.25, 0.3) is 11.6 Å². The first-order valence-corrected chi connectivity index (χ1v) is 11.9. The second-order valence-corrected chi connectivity index (χ2v) is 8.69. The Morgan fingerprint density at radius 3 is 2.68 bits per heavy atom. The number of carbonyl (C=O) groups is 1. The van der Waals surface area contributed by atoms with Crippen molar-refractivity contribution in [3.63, 3.8) is 0 Å².